The molecule has 3 aromatic carbocycles. The molecule has 162 valence electrons. The van der Waals surface area contributed by atoms with Gasteiger partial charge in [0.25, 0.3) is 0 Å². The Balaban J connectivity index is 1.51. The van der Waals surface area contributed by atoms with E-state index in [0.29, 0.717) is 5.92 Å². The minimum Gasteiger partial charge on any atom is -0.493 e. The summed E-state index contributed by atoms with van der Waals surface area (Å²) in [6.45, 7) is 7.41. The number of unbranched alkanes of at least 4 members (excludes halogenated alkanes) is 1. The molecule has 1 N–H and O–H groups in total. The lowest BCUT2D eigenvalue weighted by atomic mass is 10.0. The predicted molar refractivity (Wildman–Crippen MR) is 135 cm³/mol. The Hall–Kier alpha value is -3.00. The first-order valence-corrected chi connectivity index (χ1v) is 11.5. The third-order valence-corrected chi connectivity index (χ3v) is 5.63. The molecule has 0 radical (unpaired) electrons. The molecule has 2 heteroatoms. The number of anilines is 2. The van der Waals surface area contributed by atoms with Gasteiger partial charge in [0.2, 0.25) is 0 Å². The molecule has 0 saturated heterocycles. The summed E-state index contributed by atoms with van der Waals surface area (Å²) in [5.74, 6) is 1.59. The highest BCUT2D eigenvalue weighted by molar-refractivity contribution is 5.71. The molecule has 2 nitrogen and oxygen atoms in total. The number of nitrogens with one attached hydrogen (secondary N) is 1. The summed E-state index contributed by atoms with van der Waals surface area (Å²) in [7, 11) is 0. The van der Waals surface area contributed by atoms with Crippen molar-refractivity contribution in [1.29, 1.82) is 0 Å². The van der Waals surface area contributed by atoms with Gasteiger partial charge in [-0.15, -0.1) is 0 Å². The molecule has 0 saturated carbocycles. The SMILES string of the molecule is CCCCC(CC)COc1ccc(Nc2ccc(/C=C/c3ccc(C)cc3)cc2)cc1. The van der Waals surface area contributed by atoms with Gasteiger partial charge in [-0.25, -0.2) is 0 Å². The molecule has 0 spiro atoms. The molecule has 0 aromatic heterocycles. The number of benzene rings is 3. The van der Waals surface area contributed by atoms with Gasteiger partial charge in [-0.3, -0.25) is 0 Å². The molecule has 0 heterocycles. The van der Waals surface area contributed by atoms with E-state index in [2.05, 4.69) is 98.9 Å². The summed E-state index contributed by atoms with van der Waals surface area (Å²) in [5.41, 5.74) is 5.82. The van der Waals surface area contributed by atoms with Gasteiger partial charge in [-0.1, -0.05) is 87.2 Å². The van der Waals surface area contributed by atoms with E-state index < -0.39 is 0 Å². The summed E-state index contributed by atoms with van der Waals surface area (Å²) in [6.07, 6.45) is 9.25. The number of aryl methyl sites for hydroxylation is 1. The van der Waals surface area contributed by atoms with Crippen LogP contribution in [-0.4, -0.2) is 6.61 Å². The van der Waals surface area contributed by atoms with Crippen LogP contribution in [0, 0.1) is 12.8 Å². The van der Waals surface area contributed by atoms with Crippen molar-refractivity contribution in [3.63, 3.8) is 0 Å². The zero-order valence-corrected chi connectivity index (χ0v) is 19.1. The molecule has 31 heavy (non-hydrogen) atoms. The lowest BCUT2D eigenvalue weighted by Gasteiger charge is -2.16. The summed E-state index contributed by atoms with van der Waals surface area (Å²) in [5, 5.41) is 3.46. The molecule has 0 amide bonds. The average Bonchev–Trinajstić information content (AvgIpc) is 2.81. The van der Waals surface area contributed by atoms with Crippen LogP contribution in [0.15, 0.2) is 72.8 Å². The summed E-state index contributed by atoms with van der Waals surface area (Å²) >= 11 is 0. The molecule has 0 bridgehead atoms. The van der Waals surface area contributed by atoms with E-state index in [1.165, 1.54) is 42.4 Å². The van der Waals surface area contributed by atoms with Gasteiger partial charge >= 0.3 is 0 Å². The van der Waals surface area contributed by atoms with Crippen molar-refractivity contribution in [3.8, 4) is 5.75 Å². The number of hydrogen-bond donors (Lipinski definition) is 1. The Bertz CT molecular complexity index is 924. The van der Waals surface area contributed by atoms with Crippen LogP contribution in [0.3, 0.4) is 0 Å². The van der Waals surface area contributed by atoms with Crippen molar-refractivity contribution >= 4 is 23.5 Å². The molecular weight excluding hydrogens is 378 g/mol. The second kappa shape index (κ2) is 12.0. The van der Waals surface area contributed by atoms with E-state index in [-0.39, 0.29) is 0 Å². The van der Waals surface area contributed by atoms with Crippen molar-refractivity contribution in [2.75, 3.05) is 11.9 Å². The second-order valence-electron chi connectivity index (χ2n) is 8.24. The Morgan fingerprint density at radius 1 is 0.774 bits per heavy atom. The minimum absolute atomic E-state index is 0.649. The number of hydrogen-bond acceptors (Lipinski definition) is 2. The molecule has 0 aliphatic carbocycles. The van der Waals surface area contributed by atoms with Gasteiger partial charge in [-0.2, -0.15) is 0 Å². The van der Waals surface area contributed by atoms with Crippen molar-refractivity contribution in [2.24, 2.45) is 5.92 Å². The maximum absolute atomic E-state index is 6.01. The minimum atomic E-state index is 0.649. The molecule has 0 aliphatic rings. The van der Waals surface area contributed by atoms with Gasteiger partial charge in [0.1, 0.15) is 5.75 Å². The van der Waals surface area contributed by atoms with Crippen LogP contribution in [0.1, 0.15) is 56.2 Å². The van der Waals surface area contributed by atoms with Crippen LogP contribution in [0.5, 0.6) is 5.75 Å². The van der Waals surface area contributed by atoms with Crippen LogP contribution in [0.2, 0.25) is 0 Å². The maximum atomic E-state index is 6.01. The highest BCUT2D eigenvalue weighted by Crippen LogP contribution is 2.22. The normalized spacial score (nSPS) is 12.1. The van der Waals surface area contributed by atoms with E-state index in [9.17, 15) is 0 Å². The quantitative estimate of drug-likeness (QED) is 0.318. The van der Waals surface area contributed by atoms with Gasteiger partial charge in [-0.05, 0) is 66.8 Å². The average molecular weight is 414 g/mol. The van der Waals surface area contributed by atoms with Crippen LogP contribution in [-0.2, 0) is 0 Å². The topological polar surface area (TPSA) is 21.3 Å². The van der Waals surface area contributed by atoms with Crippen molar-refractivity contribution in [2.45, 2.75) is 46.5 Å². The molecular formula is C29H35NO. The third kappa shape index (κ3) is 7.64. The smallest absolute Gasteiger partial charge is 0.119 e. The molecule has 0 aliphatic heterocycles. The maximum Gasteiger partial charge on any atom is 0.119 e. The largest absolute Gasteiger partial charge is 0.493 e. The van der Waals surface area contributed by atoms with E-state index in [4.69, 9.17) is 4.74 Å². The zero-order valence-electron chi connectivity index (χ0n) is 19.1. The number of rotatable bonds is 11. The van der Waals surface area contributed by atoms with Crippen LogP contribution in [0.4, 0.5) is 11.4 Å². The molecule has 3 aromatic rings. The van der Waals surface area contributed by atoms with Crippen LogP contribution in [0.25, 0.3) is 12.2 Å². The summed E-state index contributed by atoms with van der Waals surface area (Å²) in [4.78, 5) is 0. The Morgan fingerprint density at radius 3 is 1.87 bits per heavy atom. The first-order valence-electron chi connectivity index (χ1n) is 11.5. The zero-order chi connectivity index (χ0) is 21.9. The van der Waals surface area contributed by atoms with Crippen molar-refractivity contribution < 1.29 is 4.74 Å². The van der Waals surface area contributed by atoms with Gasteiger partial charge in [0.15, 0.2) is 0 Å². The Kier molecular flexibility index (Phi) is 8.78. The first-order chi connectivity index (χ1) is 15.2. The fourth-order valence-corrected chi connectivity index (χ4v) is 3.46. The predicted octanol–water partition coefficient (Wildman–Crippen LogP) is 8.50. The van der Waals surface area contributed by atoms with Gasteiger partial charge in [0, 0.05) is 11.4 Å². The van der Waals surface area contributed by atoms with E-state index in [1.54, 1.807) is 0 Å². The van der Waals surface area contributed by atoms with Gasteiger partial charge in [0.05, 0.1) is 6.61 Å². The van der Waals surface area contributed by atoms with E-state index in [0.717, 1.165) is 23.7 Å². The third-order valence-electron chi connectivity index (χ3n) is 5.63. The lowest BCUT2D eigenvalue weighted by molar-refractivity contribution is 0.233. The molecule has 1 atom stereocenters. The van der Waals surface area contributed by atoms with Crippen molar-refractivity contribution in [1.82, 2.24) is 0 Å². The number of ether oxygens (including phenoxy) is 1. The van der Waals surface area contributed by atoms with Crippen LogP contribution >= 0.6 is 0 Å². The molecule has 1 unspecified atom stereocenters. The highest BCUT2D eigenvalue weighted by atomic mass is 16.5. The molecule has 3 rings (SSSR count). The fourth-order valence-electron chi connectivity index (χ4n) is 3.46. The Morgan fingerprint density at radius 2 is 1.32 bits per heavy atom. The van der Waals surface area contributed by atoms with Gasteiger partial charge < -0.3 is 10.1 Å². The Labute approximate surface area is 188 Å². The lowest BCUT2D eigenvalue weighted by Crippen LogP contribution is -2.11. The summed E-state index contributed by atoms with van der Waals surface area (Å²) in [6, 6.07) is 25.3. The van der Waals surface area contributed by atoms with Crippen LogP contribution < -0.4 is 10.1 Å². The molecule has 0 fully saturated rings. The standard InChI is InChI=1S/C29H35NO/c1-4-6-7-24(5-2)22-31-29-20-18-28(19-21-29)30-27-16-14-26(15-17-27)13-12-25-10-8-23(3)9-11-25/h8-21,24,30H,4-7,22H2,1-3H3/b13-12+. The van der Waals surface area contributed by atoms with E-state index in [1.807, 2.05) is 12.1 Å². The monoisotopic (exact) mass is 413 g/mol. The highest BCUT2D eigenvalue weighted by Gasteiger charge is 2.07. The van der Waals surface area contributed by atoms with E-state index >= 15 is 0 Å². The first kappa shape index (κ1) is 22.7. The second-order valence-corrected chi connectivity index (χ2v) is 8.24. The summed E-state index contributed by atoms with van der Waals surface area (Å²) < 4.78 is 6.01. The fraction of sp³-hybridized carbons (Fsp3) is 0.310. The van der Waals surface area contributed by atoms with Crippen molar-refractivity contribution in [3.05, 3.63) is 89.5 Å².